The summed E-state index contributed by atoms with van der Waals surface area (Å²) < 4.78 is 38.3. The molecule has 2 rings (SSSR count). The van der Waals surface area contributed by atoms with E-state index in [1.54, 1.807) is 31.2 Å². The summed E-state index contributed by atoms with van der Waals surface area (Å²) in [5.74, 6) is -0.990. The highest BCUT2D eigenvalue weighted by Crippen LogP contribution is 2.15. The molecule has 7 nitrogen and oxygen atoms in total. The zero-order chi connectivity index (χ0) is 20.6. The van der Waals surface area contributed by atoms with Crippen LogP contribution in [0.3, 0.4) is 0 Å². The van der Waals surface area contributed by atoms with Crippen molar-refractivity contribution in [1.29, 1.82) is 0 Å². The number of sulfonamides is 1. The Balaban J connectivity index is 1.72. The van der Waals surface area contributed by atoms with Gasteiger partial charge in [0.2, 0.25) is 15.9 Å². The van der Waals surface area contributed by atoms with Gasteiger partial charge in [0, 0.05) is 29.9 Å². The number of benzene rings is 2. The molecule has 0 radical (unpaired) electrons. The van der Waals surface area contributed by atoms with Gasteiger partial charge in [-0.25, -0.2) is 12.8 Å². The summed E-state index contributed by atoms with van der Waals surface area (Å²) in [6, 6.07) is 11.5. The molecule has 0 atom stereocenters. The fourth-order valence-electron chi connectivity index (χ4n) is 2.25. The summed E-state index contributed by atoms with van der Waals surface area (Å²) in [5.41, 5.74) is 1.31. The highest BCUT2D eigenvalue weighted by atomic mass is 32.2. The van der Waals surface area contributed by atoms with Crippen molar-refractivity contribution in [2.75, 3.05) is 22.3 Å². The monoisotopic (exact) mass is 407 g/mol. The average molecular weight is 407 g/mol. The van der Waals surface area contributed by atoms with Gasteiger partial charge in [0.25, 0.3) is 5.91 Å². The molecular formula is C19H22FN3O4S. The Hall–Kier alpha value is -2.94. The highest BCUT2D eigenvalue weighted by molar-refractivity contribution is 7.92. The van der Waals surface area contributed by atoms with Gasteiger partial charge in [-0.3, -0.25) is 14.3 Å². The topological polar surface area (TPSA) is 104 Å². The Morgan fingerprint density at radius 1 is 0.964 bits per heavy atom. The smallest absolute Gasteiger partial charge is 0.251 e. The van der Waals surface area contributed by atoms with E-state index in [0.717, 1.165) is 0 Å². The lowest BCUT2D eigenvalue weighted by Crippen LogP contribution is -2.25. The molecule has 0 unspecified atom stereocenters. The maximum absolute atomic E-state index is 12.8. The van der Waals surface area contributed by atoms with Gasteiger partial charge in [0.05, 0.1) is 5.75 Å². The fourth-order valence-corrected chi connectivity index (χ4v) is 2.89. The third kappa shape index (κ3) is 6.99. The summed E-state index contributed by atoms with van der Waals surface area (Å²) in [7, 11) is -3.34. The molecule has 0 aliphatic carbocycles. The molecule has 2 aromatic carbocycles. The number of carbonyl (C=O) groups is 2. The second-order valence-electron chi connectivity index (χ2n) is 6.00. The number of carbonyl (C=O) groups excluding carboxylic acids is 2. The van der Waals surface area contributed by atoms with Crippen LogP contribution in [-0.2, 0) is 14.8 Å². The van der Waals surface area contributed by atoms with Crippen LogP contribution in [0.1, 0.15) is 30.1 Å². The molecular weight excluding hydrogens is 385 g/mol. The minimum absolute atomic E-state index is 0.0246. The molecule has 3 N–H and O–H groups in total. The number of amides is 2. The van der Waals surface area contributed by atoms with Gasteiger partial charge in [0.1, 0.15) is 5.82 Å². The maximum atomic E-state index is 12.8. The van der Waals surface area contributed by atoms with Crippen molar-refractivity contribution in [2.24, 2.45) is 0 Å². The Labute approximate surface area is 163 Å². The van der Waals surface area contributed by atoms with Crippen molar-refractivity contribution in [2.45, 2.75) is 19.8 Å². The van der Waals surface area contributed by atoms with E-state index < -0.39 is 15.8 Å². The first-order valence-corrected chi connectivity index (χ1v) is 10.4. The molecule has 150 valence electrons. The van der Waals surface area contributed by atoms with Crippen LogP contribution in [0.15, 0.2) is 48.5 Å². The van der Waals surface area contributed by atoms with E-state index in [2.05, 4.69) is 15.4 Å². The molecule has 0 fully saturated rings. The third-order valence-corrected chi connectivity index (χ3v) is 5.10. The van der Waals surface area contributed by atoms with E-state index in [1.165, 1.54) is 24.3 Å². The van der Waals surface area contributed by atoms with E-state index in [4.69, 9.17) is 0 Å². The lowest BCUT2D eigenvalue weighted by atomic mass is 10.2. The largest absolute Gasteiger partial charge is 0.352 e. The van der Waals surface area contributed by atoms with E-state index in [0.29, 0.717) is 29.9 Å². The Kier molecular flexibility index (Phi) is 7.51. The van der Waals surface area contributed by atoms with Gasteiger partial charge >= 0.3 is 0 Å². The van der Waals surface area contributed by atoms with Crippen LogP contribution >= 0.6 is 0 Å². The third-order valence-electron chi connectivity index (χ3n) is 3.79. The molecule has 0 aliphatic heterocycles. The molecule has 0 bridgehead atoms. The molecule has 9 heteroatoms. The first-order chi connectivity index (χ1) is 13.3. The predicted octanol–water partition coefficient (Wildman–Crippen LogP) is 2.74. The van der Waals surface area contributed by atoms with Crippen molar-refractivity contribution in [3.8, 4) is 0 Å². The van der Waals surface area contributed by atoms with E-state index >= 15 is 0 Å². The number of hydrogen-bond acceptors (Lipinski definition) is 4. The first-order valence-electron chi connectivity index (χ1n) is 8.73. The van der Waals surface area contributed by atoms with Crippen molar-refractivity contribution in [3.05, 3.63) is 59.9 Å². The van der Waals surface area contributed by atoms with Gasteiger partial charge < -0.3 is 10.6 Å². The summed E-state index contributed by atoms with van der Waals surface area (Å²) in [4.78, 5) is 23.8. The van der Waals surface area contributed by atoms with E-state index in [1.807, 2.05) is 0 Å². The number of hydrogen-bond donors (Lipinski definition) is 3. The maximum Gasteiger partial charge on any atom is 0.251 e. The second kappa shape index (κ2) is 9.84. The van der Waals surface area contributed by atoms with E-state index in [9.17, 15) is 22.4 Å². The number of nitrogens with one attached hydrogen (secondary N) is 3. The zero-order valence-electron chi connectivity index (χ0n) is 15.4. The lowest BCUT2D eigenvalue weighted by molar-refractivity contribution is -0.116. The SMILES string of the molecule is CCS(=O)(=O)Nc1ccc(NC(=O)CCCNC(=O)c2ccc(F)cc2)cc1. The highest BCUT2D eigenvalue weighted by Gasteiger charge is 2.08. The molecule has 2 amide bonds. The normalized spacial score (nSPS) is 10.9. The molecule has 0 spiro atoms. The van der Waals surface area contributed by atoms with Crippen LogP contribution in [-0.4, -0.2) is 32.5 Å². The predicted molar refractivity (Wildman–Crippen MR) is 106 cm³/mol. The van der Waals surface area contributed by atoms with Crippen molar-refractivity contribution >= 4 is 33.2 Å². The van der Waals surface area contributed by atoms with Crippen LogP contribution in [0, 0.1) is 5.82 Å². The summed E-state index contributed by atoms with van der Waals surface area (Å²) in [5, 5.41) is 5.37. The van der Waals surface area contributed by atoms with Crippen molar-refractivity contribution < 1.29 is 22.4 Å². The van der Waals surface area contributed by atoms with Gasteiger partial charge in [-0.15, -0.1) is 0 Å². The van der Waals surface area contributed by atoms with Crippen LogP contribution < -0.4 is 15.4 Å². The number of anilines is 2. The van der Waals surface area contributed by atoms with Gasteiger partial charge in [-0.2, -0.15) is 0 Å². The Morgan fingerprint density at radius 2 is 1.57 bits per heavy atom. The standard InChI is InChI=1S/C19H22FN3O4S/c1-2-28(26,27)23-17-11-9-16(10-12-17)22-18(24)4-3-13-21-19(25)14-5-7-15(20)8-6-14/h5-12,23H,2-4,13H2,1H3,(H,21,25)(H,22,24). The molecule has 28 heavy (non-hydrogen) atoms. The zero-order valence-corrected chi connectivity index (χ0v) is 16.2. The minimum atomic E-state index is -3.34. The summed E-state index contributed by atoms with van der Waals surface area (Å²) >= 11 is 0. The van der Waals surface area contributed by atoms with Crippen molar-refractivity contribution in [1.82, 2.24) is 5.32 Å². The molecule has 0 saturated heterocycles. The number of rotatable bonds is 9. The van der Waals surface area contributed by atoms with Crippen LogP contribution in [0.5, 0.6) is 0 Å². The first kappa shape index (κ1) is 21.4. The molecule has 0 aliphatic rings. The van der Waals surface area contributed by atoms with Crippen molar-refractivity contribution in [3.63, 3.8) is 0 Å². The molecule has 0 aromatic heterocycles. The average Bonchev–Trinajstić information content (AvgIpc) is 2.67. The molecule has 0 heterocycles. The minimum Gasteiger partial charge on any atom is -0.352 e. The number of halogens is 1. The van der Waals surface area contributed by atoms with Gasteiger partial charge in [0.15, 0.2) is 0 Å². The molecule has 0 saturated carbocycles. The van der Waals surface area contributed by atoms with Gasteiger partial charge in [-0.1, -0.05) is 0 Å². The summed E-state index contributed by atoms with van der Waals surface area (Å²) in [6.45, 7) is 1.85. The Bertz CT molecular complexity index is 913. The second-order valence-corrected chi connectivity index (χ2v) is 8.01. The molecule has 2 aromatic rings. The van der Waals surface area contributed by atoms with Crippen LogP contribution in [0.4, 0.5) is 15.8 Å². The van der Waals surface area contributed by atoms with E-state index in [-0.39, 0.29) is 24.0 Å². The van der Waals surface area contributed by atoms with Gasteiger partial charge in [-0.05, 0) is 61.9 Å². The fraction of sp³-hybridized carbons (Fsp3) is 0.263. The van der Waals surface area contributed by atoms with Crippen LogP contribution in [0.25, 0.3) is 0 Å². The lowest BCUT2D eigenvalue weighted by Gasteiger charge is -2.09. The van der Waals surface area contributed by atoms with Crippen LogP contribution in [0.2, 0.25) is 0 Å². The Morgan fingerprint density at radius 3 is 2.18 bits per heavy atom. The quantitative estimate of drug-likeness (QED) is 0.556. The summed E-state index contributed by atoms with van der Waals surface area (Å²) in [6.07, 6.45) is 0.640.